The molecule has 0 heterocycles. The summed E-state index contributed by atoms with van der Waals surface area (Å²) in [6.45, 7) is 1.26. The summed E-state index contributed by atoms with van der Waals surface area (Å²) in [7, 11) is 4.16. The number of hydrogen-bond acceptors (Lipinski definition) is 3. The zero-order valence-electron chi connectivity index (χ0n) is 9.29. The predicted octanol–water partition coefficient (Wildman–Crippen LogP) is 0.441. The van der Waals surface area contributed by atoms with Gasteiger partial charge in [-0.25, -0.2) is 0 Å². The van der Waals surface area contributed by atoms with Gasteiger partial charge in [-0.05, 0) is 45.7 Å². The zero-order chi connectivity index (χ0) is 10.2. The Morgan fingerprint density at radius 1 is 1.36 bits per heavy atom. The van der Waals surface area contributed by atoms with Crippen LogP contribution in [-0.2, 0) is 0 Å². The fourth-order valence-electron chi connectivity index (χ4n) is 2.40. The van der Waals surface area contributed by atoms with Gasteiger partial charge in [-0.1, -0.05) is 0 Å². The van der Waals surface area contributed by atoms with Crippen LogP contribution in [0.25, 0.3) is 0 Å². The first-order chi connectivity index (χ1) is 6.72. The number of nitrogens with one attached hydrogen (secondary N) is 1. The van der Waals surface area contributed by atoms with E-state index < -0.39 is 0 Å². The maximum atomic E-state index is 9.55. The average Bonchev–Trinajstić information content (AvgIpc) is 3.07. The van der Waals surface area contributed by atoms with Gasteiger partial charge in [-0.3, -0.25) is 0 Å². The molecule has 82 valence electrons. The molecule has 0 aromatic carbocycles. The Hall–Kier alpha value is -0.120. The molecule has 0 saturated heterocycles. The normalized spacial score (nSPS) is 26.6. The Bertz CT molecular complexity index is 195. The Morgan fingerprint density at radius 2 is 2.00 bits per heavy atom. The lowest BCUT2D eigenvalue weighted by molar-refractivity contribution is 0.105. The van der Waals surface area contributed by atoms with Crippen LogP contribution in [0.1, 0.15) is 25.7 Å². The highest BCUT2D eigenvalue weighted by molar-refractivity contribution is 5.03. The molecule has 0 spiro atoms. The summed E-state index contributed by atoms with van der Waals surface area (Å²) in [5, 5.41) is 12.9. The molecule has 0 amide bonds. The van der Waals surface area contributed by atoms with Crippen LogP contribution in [0.2, 0.25) is 0 Å². The summed E-state index contributed by atoms with van der Waals surface area (Å²) in [6.07, 6.45) is 5.23. The van der Waals surface area contributed by atoms with Crippen molar-refractivity contribution >= 4 is 0 Å². The first kappa shape index (κ1) is 10.4. The molecule has 1 unspecified atom stereocenters. The summed E-state index contributed by atoms with van der Waals surface area (Å²) >= 11 is 0. The monoisotopic (exact) mass is 198 g/mol. The molecule has 0 aliphatic heterocycles. The third kappa shape index (κ3) is 1.95. The second-order valence-corrected chi connectivity index (χ2v) is 4.98. The van der Waals surface area contributed by atoms with Crippen molar-refractivity contribution in [2.45, 2.75) is 37.3 Å². The van der Waals surface area contributed by atoms with Gasteiger partial charge in [-0.2, -0.15) is 0 Å². The Morgan fingerprint density at radius 3 is 2.36 bits per heavy atom. The zero-order valence-corrected chi connectivity index (χ0v) is 9.29. The van der Waals surface area contributed by atoms with E-state index >= 15 is 0 Å². The highest BCUT2D eigenvalue weighted by atomic mass is 16.3. The Kier molecular flexibility index (Phi) is 2.82. The average molecular weight is 198 g/mol. The van der Waals surface area contributed by atoms with Crippen LogP contribution in [0.15, 0.2) is 0 Å². The minimum Gasteiger partial charge on any atom is -0.394 e. The molecule has 0 bridgehead atoms. The number of likely N-dealkylation sites (N-methyl/N-ethyl adjacent to an activating group) is 2. The van der Waals surface area contributed by atoms with E-state index in [1.165, 1.54) is 25.7 Å². The Balaban J connectivity index is 1.94. The van der Waals surface area contributed by atoms with Gasteiger partial charge in [0.15, 0.2) is 0 Å². The van der Waals surface area contributed by atoms with E-state index in [1.54, 1.807) is 0 Å². The van der Waals surface area contributed by atoms with Crippen LogP contribution in [0, 0.1) is 5.92 Å². The lowest BCUT2D eigenvalue weighted by Crippen LogP contribution is -2.56. The number of nitrogens with zero attached hydrogens (tertiary/aromatic N) is 1. The smallest absolute Gasteiger partial charge is 0.0628 e. The molecule has 3 nitrogen and oxygen atoms in total. The molecule has 2 saturated carbocycles. The van der Waals surface area contributed by atoms with Crippen LogP contribution in [0.5, 0.6) is 0 Å². The molecular formula is C11H22N2O. The van der Waals surface area contributed by atoms with Crippen molar-refractivity contribution in [2.75, 3.05) is 27.2 Å². The molecule has 2 aliphatic carbocycles. The van der Waals surface area contributed by atoms with E-state index in [0.717, 1.165) is 12.6 Å². The maximum absolute atomic E-state index is 9.55. The number of rotatable bonds is 6. The van der Waals surface area contributed by atoms with E-state index in [-0.39, 0.29) is 12.1 Å². The minimum absolute atomic E-state index is 0.0304. The minimum atomic E-state index is -0.0304. The van der Waals surface area contributed by atoms with Gasteiger partial charge >= 0.3 is 0 Å². The molecule has 2 N–H and O–H groups in total. The van der Waals surface area contributed by atoms with Gasteiger partial charge in [0.05, 0.1) is 12.1 Å². The summed E-state index contributed by atoms with van der Waals surface area (Å²) in [5.74, 6) is 0.693. The lowest BCUT2D eigenvalue weighted by Gasteiger charge is -2.36. The maximum Gasteiger partial charge on any atom is 0.0628 e. The molecule has 1 atom stereocenters. The van der Waals surface area contributed by atoms with Crippen LogP contribution < -0.4 is 5.32 Å². The lowest BCUT2D eigenvalue weighted by atomic mass is 9.93. The summed E-state index contributed by atoms with van der Waals surface area (Å²) in [5.41, 5.74) is -0.0304. The van der Waals surface area contributed by atoms with Crippen LogP contribution >= 0.6 is 0 Å². The van der Waals surface area contributed by atoms with Crippen LogP contribution in [0.4, 0.5) is 0 Å². The first-order valence-corrected chi connectivity index (χ1v) is 5.72. The fraction of sp³-hybridized carbons (Fsp3) is 1.00. The van der Waals surface area contributed by atoms with E-state index in [1.807, 2.05) is 7.05 Å². The summed E-state index contributed by atoms with van der Waals surface area (Å²) in [6, 6.07) is 0.785. The Labute approximate surface area is 86.5 Å². The molecule has 0 aromatic heterocycles. The van der Waals surface area contributed by atoms with Crippen molar-refractivity contribution in [3.8, 4) is 0 Å². The van der Waals surface area contributed by atoms with Gasteiger partial charge in [0.2, 0.25) is 0 Å². The van der Waals surface area contributed by atoms with Crippen molar-refractivity contribution < 1.29 is 5.11 Å². The summed E-state index contributed by atoms with van der Waals surface area (Å²) < 4.78 is 0. The van der Waals surface area contributed by atoms with Crippen LogP contribution in [0.3, 0.4) is 0 Å². The molecule has 2 rings (SSSR count). The molecular weight excluding hydrogens is 176 g/mol. The van der Waals surface area contributed by atoms with E-state index in [0.29, 0.717) is 5.92 Å². The van der Waals surface area contributed by atoms with Gasteiger partial charge in [-0.15, -0.1) is 0 Å². The number of aliphatic hydroxyl groups is 1. The van der Waals surface area contributed by atoms with Gasteiger partial charge in [0.25, 0.3) is 0 Å². The van der Waals surface area contributed by atoms with E-state index in [2.05, 4.69) is 17.3 Å². The largest absolute Gasteiger partial charge is 0.394 e. The first-order valence-electron chi connectivity index (χ1n) is 5.72. The molecule has 2 aliphatic rings. The second kappa shape index (κ2) is 3.80. The molecule has 14 heavy (non-hydrogen) atoms. The number of hydrogen-bond donors (Lipinski definition) is 2. The second-order valence-electron chi connectivity index (χ2n) is 4.98. The van der Waals surface area contributed by atoms with Gasteiger partial charge < -0.3 is 15.3 Å². The summed E-state index contributed by atoms with van der Waals surface area (Å²) in [4.78, 5) is 2.41. The standard InChI is InChI=1S/C11H22N2O/c1-12-11(8-14,9-3-4-9)7-13(2)10-5-6-10/h9-10,12,14H,3-8H2,1-2H3. The highest BCUT2D eigenvalue weighted by Crippen LogP contribution is 2.40. The fourth-order valence-corrected chi connectivity index (χ4v) is 2.40. The van der Waals surface area contributed by atoms with Crippen LogP contribution in [-0.4, -0.2) is 48.8 Å². The van der Waals surface area contributed by atoms with Crippen molar-refractivity contribution in [3.05, 3.63) is 0 Å². The third-order valence-corrected chi connectivity index (χ3v) is 3.84. The molecule has 0 aromatic rings. The van der Waals surface area contributed by atoms with Crippen molar-refractivity contribution in [1.82, 2.24) is 10.2 Å². The molecule has 0 radical (unpaired) electrons. The quantitative estimate of drug-likeness (QED) is 0.650. The van der Waals surface area contributed by atoms with E-state index in [4.69, 9.17) is 0 Å². The van der Waals surface area contributed by atoms with Gasteiger partial charge in [0.1, 0.15) is 0 Å². The topological polar surface area (TPSA) is 35.5 Å². The highest BCUT2D eigenvalue weighted by Gasteiger charge is 2.45. The molecule has 3 heteroatoms. The van der Waals surface area contributed by atoms with Gasteiger partial charge in [0, 0.05) is 12.6 Å². The van der Waals surface area contributed by atoms with Crippen molar-refractivity contribution in [1.29, 1.82) is 0 Å². The third-order valence-electron chi connectivity index (χ3n) is 3.84. The molecule has 2 fully saturated rings. The predicted molar refractivity (Wildman–Crippen MR) is 57.3 cm³/mol. The SMILES string of the molecule is CNC(CO)(CN(C)C1CC1)C1CC1. The van der Waals surface area contributed by atoms with E-state index in [9.17, 15) is 5.11 Å². The number of aliphatic hydroxyl groups excluding tert-OH is 1. The van der Waals surface area contributed by atoms with Crippen molar-refractivity contribution in [3.63, 3.8) is 0 Å². The van der Waals surface area contributed by atoms with Crippen molar-refractivity contribution in [2.24, 2.45) is 5.92 Å².